The van der Waals surface area contributed by atoms with E-state index in [0.717, 1.165) is 11.4 Å². The molecule has 0 aliphatic carbocycles. The van der Waals surface area contributed by atoms with E-state index in [1.807, 2.05) is 31.2 Å². The predicted molar refractivity (Wildman–Crippen MR) is 78.0 cm³/mol. The molecule has 4 heteroatoms. The lowest BCUT2D eigenvalue weighted by atomic mass is 10.3. The topological polar surface area (TPSA) is 30.5 Å². The molecule has 0 saturated carbocycles. The van der Waals surface area contributed by atoms with E-state index in [9.17, 15) is 4.39 Å². The molecule has 0 saturated heterocycles. The second kappa shape index (κ2) is 7.38. The lowest BCUT2D eigenvalue weighted by molar-refractivity contribution is 0.330. The van der Waals surface area contributed by atoms with Crippen LogP contribution in [0.15, 0.2) is 48.5 Å². The van der Waals surface area contributed by atoms with E-state index < -0.39 is 0 Å². The Morgan fingerprint density at radius 2 is 1.75 bits per heavy atom. The number of nitrogens with one attached hydrogen (secondary N) is 1. The first-order valence-corrected chi connectivity index (χ1v) is 6.63. The zero-order valence-electron chi connectivity index (χ0n) is 11.4. The predicted octanol–water partition coefficient (Wildman–Crippen LogP) is 3.72. The van der Waals surface area contributed by atoms with Crippen molar-refractivity contribution in [1.29, 1.82) is 0 Å². The molecule has 0 fully saturated rings. The molecule has 0 atom stereocenters. The van der Waals surface area contributed by atoms with Gasteiger partial charge in [-0.15, -0.1) is 0 Å². The first kappa shape index (κ1) is 14.2. The summed E-state index contributed by atoms with van der Waals surface area (Å²) in [5.41, 5.74) is 0.942. The number of hydrogen-bond donors (Lipinski definition) is 1. The highest BCUT2D eigenvalue weighted by atomic mass is 19.1. The van der Waals surface area contributed by atoms with Crippen LogP contribution in [0.4, 0.5) is 10.1 Å². The molecule has 0 heterocycles. The van der Waals surface area contributed by atoms with Crippen molar-refractivity contribution in [2.24, 2.45) is 0 Å². The van der Waals surface area contributed by atoms with Crippen LogP contribution in [0.1, 0.15) is 6.92 Å². The maximum absolute atomic E-state index is 12.7. The van der Waals surface area contributed by atoms with Gasteiger partial charge in [-0.25, -0.2) is 4.39 Å². The van der Waals surface area contributed by atoms with Crippen LogP contribution in [0.5, 0.6) is 11.5 Å². The molecule has 3 nitrogen and oxygen atoms in total. The number of para-hydroxylation sites is 2. The van der Waals surface area contributed by atoms with Crippen molar-refractivity contribution >= 4 is 5.69 Å². The molecule has 0 aliphatic rings. The molecular weight excluding hydrogens is 257 g/mol. The number of ether oxygens (including phenoxy) is 2. The molecule has 0 aliphatic heterocycles. The standard InChI is InChI=1S/C16H18FNO2/c1-2-19-16-6-4-3-5-15(16)18-11-12-20-14-9-7-13(17)8-10-14/h3-10,18H,2,11-12H2,1H3. The third-order valence-electron chi connectivity index (χ3n) is 2.69. The van der Waals surface area contributed by atoms with E-state index in [1.165, 1.54) is 12.1 Å². The molecule has 1 N–H and O–H groups in total. The maximum Gasteiger partial charge on any atom is 0.142 e. The van der Waals surface area contributed by atoms with Crippen LogP contribution in [-0.4, -0.2) is 19.8 Å². The van der Waals surface area contributed by atoms with Gasteiger partial charge in [-0.3, -0.25) is 0 Å². The minimum absolute atomic E-state index is 0.263. The molecular formula is C16H18FNO2. The highest BCUT2D eigenvalue weighted by Crippen LogP contribution is 2.23. The van der Waals surface area contributed by atoms with Gasteiger partial charge >= 0.3 is 0 Å². The van der Waals surface area contributed by atoms with Crippen LogP contribution in [0, 0.1) is 5.82 Å². The molecule has 2 rings (SSSR count). The fraction of sp³-hybridized carbons (Fsp3) is 0.250. The summed E-state index contributed by atoms with van der Waals surface area (Å²) in [6, 6.07) is 13.8. The van der Waals surface area contributed by atoms with Crippen LogP contribution >= 0.6 is 0 Å². The van der Waals surface area contributed by atoms with Crippen LogP contribution in [0.25, 0.3) is 0 Å². The van der Waals surface area contributed by atoms with Crippen LogP contribution in [-0.2, 0) is 0 Å². The van der Waals surface area contributed by atoms with Crippen molar-refractivity contribution in [3.05, 3.63) is 54.3 Å². The summed E-state index contributed by atoms with van der Waals surface area (Å²) in [6.45, 7) is 3.72. The summed E-state index contributed by atoms with van der Waals surface area (Å²) in [6.07, 6.45) is 0. The number of rotatable bonds is 7. The number of halogens is 1. The number of anilines is 1. The Labute approximate surface area is 118 Å². The second-order valence-electron chi connectivity index (χ2n) is 4.16. The number of benzene rings is 2. The van der Waals surface area contributed by atoms with Gasteiger partial charge in [0.2, 0.25) is 0 Å². The van der Waals surface area contributed by atoms with Gasteiger partial charge in [0.1, 0.15) is 23.9 Å². The molecule has 0 spiro atoms. The van der Waals surface area contributed by atoms with Gasteiger partial charge in [-0.1, -0.05) is 12.1 Å². The molecule has 0 amide bonds. The smallest absolute Gasteiger partial charge is 0.142 e. The third-order valence-corrected chi connectivity index (χ3v) is 2.69. The number of hydrogen-bond acceptors (Lipinski definition) is 3. The van der Waals surface area contributed by atoms with E-state index in [0.29, 0.717) is 25.5 Å². The summed E-state index contributed by atoms with van der Waals surface area (Å²) in [4.78, 5) is 0. The van der Waals surface area contributed by atoms with Crippen LogP contribution in [0.2, 0.25) is 0 Å². The summed E-state index contributed by atoms with van der Waals surface area (Å²) in [7, 11) is 0. The summed E-state index contributed by atoms with van der Waals surface area (Å²) < 4.78 is 23.8. The van der Waals surface area contributed by atoms with Gasteiger partial charge < -0.3 is 14.8 Å². The van der Waals surface area contributed by atoms with Crippen molar-refractivity contribution in [2.45, 2.75) is 6.92 Å². The van der Waals surface area contributed by atoms with E-state index in [1.54, 1.807) is 12.1 Å². The Morgan fingerprint density at radius 1 is 1.00 bits per heavy atom. The van der Waals surface area contributed by atoms with Gasteiger partial charge in [-0.05, 0) is 43.3 Å². The SMILES string of the molecule is CCOc1ccccc1NCCOc1ccc(F)cc1. The molecule has 2 aromatic rings. The van der Waals surface area contributed by atoms with Gasteiger partial charge in [0, 0.05) is 6.54 Å². The van der Waals surface area contributed by atoms with Crippen LogP contribution < -0.4 is 14.8 Å². The van der Waals surface area contributed by atoms with E-state index in [4.69, 9.17) is 9.47 Å². The second-order valence-corrected chi connectivity index (χ2v) is 4.16. The minimum atomic E-state index is -0.263. The fourth-order valence-corrected chi connectivity index (χ4v) is 1.78. The molecule has 0 aromatic heterocycles. The minimum Gasteiger partial charge on any atom is -0.492 e. The quantitative estimate of drug-likeness (QED) is 0.781. The molecule has 2 aromatic carbocycles. The average Bonchev–Trinajstić information content (AvgIpc) is 2.47. The van der Waals surface area contributed by atoms with Crippen molar-refractivity contribution in [1.82, 2.24) is 0 Å². The maximum atomic E-state index is 12.7. The van der Waals surface area contributed by atoms with E-state index >= 15 is 0 Å². The Balaban J connectivity index is 1.79. The molecule has 106 valence electrons. The first-order chi connectivity index (χ1) is 9.79. The summed E-state index contributed by atoms with van der Waals surface area (Å²) in [5.74, 6) is 1.23. The molecule has 20 heavy (non-hydrogen) atoms. The van der Waals surface area contributed by atoms with E-state index in [-0.39, 0.29) is 5.82 Å². The zero-order chi connectivity index (χ0) is 14.2. The van der Waals surface area contributed by atoms with Gasteiger partial charge in [0.15, 0.2) is 0 Å². The Bertz CT molecular complexity index is 528. The zero-order valence-corrected chi connectivity index (χ0v) is 11.4. The Hall–Kier alpha value is -2.23. The monoisotopic (exact) mass is 275 g/mol. The lowest BCUT2D eigenvalue weighted by Gasteiger charge is -2.12. The average molecular weight is 275 g/mol. The van der Waals surface area contributed by atoms with Crippen molar-refractivity contribution in [3.63, 3.8) is 0 Å². The Morgan fingerprint density at radius 3 is 2.50 bits per heavy atom. The lowest BCUT2D eigenvalue weighted by Crippen LogP contribution is -2.12. The fourth-order valence-electron chi connectivity index (χ4n) is 1.78. The third kappa shape index (κ3) is 4.16. The van der Waals surface area contributed by atoms with Crippen molar-refractivity contribution < 1.29 is 13.9 Å². The van der Waals surface area contributed by atoms with Gasteiger partial charge in [0.25, 0.3) is 0 Å². The first-order valence-electron chi connectivity index (χ1n) is 6.63. The normalized spacial score (nSPS) is 10.1. The van der Waals surface area contributed by atoms with Crippen LogP contribution in [0.3, 0.4) is 0 Å². The Kier molecular flexibility index (Phi) is 5.24. The highest BCUT2D eigenvalue weighted by Gasteiger charge is 2.01. The largest absolute Gasteiger partial charge is 0.492 e. The summed E-state index contributed by atoms with van der Waals surface area (Å²) >= 11 is 0. The molecule has 0 unspecified atom stereocenters. The van der Waals surface area contributed by atoms with Crippen molar-refractivity contribution in [3.8, 4) is 11.5 Å². The molecule has 0 bridgehead atoms. The van der Waals surface area contributed by atoms with E-state index in [2.05, 4.69) is 5.32 Å². The van der Waals surface area contributed by atoms with Crippen molar-refractivity contribution in [2.75, 3.05) is 25.1 Å². The molecule has 0 radical (unpaired) electrons. The summed E-state index contributed by atoms with van der Waals surface area (Å²) in [5, 5.41) is 3.26. The van der Waals surface area contributed by atoms with Gasteiger partial charge in [0.05, 0.1) is 12.3 Å². The van der Waals surface area contributed by atoms with Gasteiger partial charge in [-0.2, -0.15) is 0 Å². The highest BCUT2D eigenvalue weighted by molar-refractivity contribution is 5.56.